The van der Waals surface area contributed by atoms with Crippen LogP contribution < -0.4 is 15.0 Å². The summed E-state index contributed by atoms with van der Waals surface area (Å²) in [5.41, 5.74) is -1.20. The summed E-state index contributed by atoms with van der Waals surface area (Å²) in [4.78, 5) is 20.1. The standard InChI is InChI=1S/C25H31Cl2N3O3/c1-24(2,32)15-5-10-22(28-14-15)30-18-7-8-19(30)13-17(12-18)29-23(31)25(3,4)33-21-9-6-16(26)11-20(21)27/h5-6,9-11,14,17-19,32H,7-8,12-13H2,1-4H3,(H,29,31)/t17-,18+,19-. The molecular formula is C25H31Cl2N3O3. The van der Waals surface area contributed by atoms with Gasteiger partial charge in [-0.05, 0) is 77.6 Å². The van der Waals surface area contributed by atoms with Gasteiger partial charge in [0.15, 0.2) is 5.60 Å². The van der Waals surface area contributed by atoms with Gasteiger partial charge in [0.25, 0.3) is 5.91 Å². The van der Waals surface area contributed by atoms with Gasteiger partial charge in [-0.25, -0.2) is 4.98 Å². The van der Waals surface area contributed by atoms with E-state index in [-0.39, 0.29) is 11.9 Å². The summed E-state index contributed by atoms with van der Waals surface area (Å²) in [6.07, 6.45) is 5.62. The highest BCUT2D eigenvalue weighted by molar-refractivity contribution is 6.35. The number of nitrogens with one attached hydrogen (secondary N) is 1. The molecule has 1 amide bonds. The van der Waals surface area contributed by atoms with Crippen LogP contribution in [0.3, 0.4) is 0 Å². The van der Waals surface area contributed by atoms with E-state index < -0.39 is 11.2 Å². The maximum Gasteiger partial charge on any atom is 0.263 e. The van der Waals surface area contributed by atoms with Gasteiger partial charge in [0, 0.05) is 34.9 Å². The zero-order chi connectivity index (χ0) is 24.0. The molecule has 8 heteroatoms. The number of amides is 1. The van der Waals surface area contributed by atoms with Crippen LogP contribution in [0.25, 0.3) is 0 Å². The predicted octanol–water partition coefficient (Wildman–Crippen LogP) is 5.09. The van der Waals surface area contributed by atoms with Crippen molar-refractivity contribution in [3.8, 4) is 5.75 Å². The van der Waals surface area contributed by atoms with Gasteiger partial charge in [-0.15, -0.1) is 0 Å². The second-order valence-corrected chi connectivity index (χ2v) is 10.9. The molecule has 2 bridgehead atoms. The first-order valence-corrected chi connectivity index (χ1v) is 12.1. The fourth-order valence-corrected chi connectivity index (χ4v) is 5.26. The van der Waals surface area contributed by atoms with Crippen LogP contribution in [0.4, 0.5) is 5.82 Å². The molecule has 4 rings (SSSR count). The Morgan fingerprint density at radius 3 is 2.33 bits per heavy atom. The highest BCUT2D eigenvalue weighted by atomic mass is 35.5. The number of halogens is 2. The quantitative estimate of drug-likeness (QED) is 0.588. The van der Waals surface area contributed by atoms with Gasteiger partial charge < -0.3 is 20.1 Å². The minimum Gasteiger partial charge on any atom is -0.476 e. The van der Waals surface area contributed by atoms with E-state index in [1.807, 2.05) is 12.1 Å². The van der Waals surface area contributed by atoms with Crippen molar-refractivity contribution in [3.05, 3.63) is 52.1 Å². The number of hydrogen-bond acceptors (Lipinski definition) is 5. The number of aromatic nitrogens is 1. The Kier molecular flexibility index (Phi) is 6.56. The van der Waals surface area contributed by atoms with Crippen LogP contribution in [0.1, 0.15) is 58.9 Å². The topological polar surface area (TPSA) is 74.7 Å². The molecule has 2 N–H and O–H groups in total. The van der Waals surface area contributed by atoms with Crippen molar-refractivity contribution in [1.82, 2.24) is 10.3 Å². The van der Waals surface area contributed by atoms with Gasteiger partial charge in [-0.1, -0.05) is 29.3 Å². The number of benzene rings is 1. The van der Waals surface area contributed by atoms with E-state index in [0.717, 1.165) is 37.1 Å². The third-order valence-electron chi connectivity index (χ3n) is 6.59. The first kappa shape index (κ1) is 24.1. The molecule has 0 saturated carbocycles. The SMILES string of the molecule is CC(C)(Oc1ccc(Cl)cc1Cl)C(=O)N[C@H]1C[C@H]2CC[C@@H](C1)N2c1ccc(C(C)(C)O)cn1. The Labute approximate surface area is 205 Å². The van der Waals surface area contributed by atoms with E-state index >= 15 is 0 Å². The van der Waals surface area contributed by atoms with E-state index in [9.17, 15) is 9.90 Å². The van der Waals surface area contributed by atoms with Crippen LogP contribution >= 0.6 is 23.2 Å². The summed E-state index contributed by atoms with van der Waals surface area (Å²) < 4.78 is 5.95. The number of carbonyl (C=O) groups excluding carboxylic acids is 1. The smallest absolute Gasteiger partial charge is 0.263 e. The van der Waals surface area contributed by atoms with Gasteiger partial charge in [0.05, 0.1) is 10.6 Å². The number of nitrogens with zero attached hydrogens (tertiary/aromatic N) is 2. The van der Waals surface area contributed by atoms with Gasteiger partial charge >= 0.3 is 0 Å². The molecule has 3 atom stereocenters. The minimum absolute atomic E-state index is 0.0745. The van der Waals surface area contributed by atoms with Crippen molar-refractivity contribution in [1.29, 1.82) is 0 Å². The largest absolute Gasteiger partial charge is 0.476 e. The number of fused-ring (bicyclic) bond motifs is 2. The normalized spacial score (nSPS) is 22.9. The third-order valence-corrected chi connectivity index (χ3v) is 7.12. The van der Waals surface area contributed by atoms with Crippen LogP contribution in [0.5, 0.6) is 5.75 Å². The fraction of sp³-hybridized carbons (Fsp3) is 0.520. The number of pyridine rings is 1. The number of hydrogen-bond donors (Lipinski definition) is 2. The highest BCUT2D eigenvalue weighted by Crippen LogP contribution is 2.39. The molecular weight excluding hydrogens is 461 g/mol. The van der Waals surface area contributed by atoms with Crippen LogP contribution in [0.2, 0.25) is 10.0 Å². The molecule has 2 fully saturated rings. The number of carbonyl (C=O) groups is 1. The van der Waals surface area contributed by atoms with E-state index in [1.54, 1.807) is 52.1 Å². The average molecular weight is 492 g/mol. The van der Waals surface area contributed by atoms with E-state index in [0.29, 0.717) is 27.9 Å². The molecule has 6 nitrogen and oxygen atoms in total. The zero-order valence-corrected chi connectivity index (χ0v) is 21.0. The Morgan fingerprint density at radius 2 is 1.79 bits per heavy atom. The summed E-state index contributed by atoms with van der Waals surface area (Å²) in [6.45, 7) is 7.00. The van der Waals surface area contributed by atoms with Crippen LogP contribution in [0.15, 0.2) is 36.5 Å². The first-order chi connectivity index (χ1) is 15.4. The monoisotopic (exact) mass is 491 g/mol. The zero-order valence-electron chi connectivity index (χ0n) is 19.4. The first-order valence-electron chi connectivity index (χ1n) is 11.4. The Balaban J connectivity index is 1.40. The number of ether oxygens (including phenoxy) is 1. The molecule has 2 aromatic rings. The number of piperidine rings is 1. The molecule has 3 heterocycles. The molecule has 0 aliphatic carbocycles. The lowest BCUT2D eigenvalue weighted by molar-refractivity contribution is -0.135. The lowest BCUT2D eigenvalue weighted by Crippen LogP contribution is -2.55. The van der Waals surface area contributed by atoms with E-state index in [2.05, 4.69) is 15.2 Å². The van der Waals surface area contributed by atoms with Gasteiger partial charge in [-0.3, -0.25) is 4.79 Å². The van der Waals surface area contributed by atoms with Crippen LogP contribution in [-0.4, -0.2) is 39.7 Å². The van der Waals surface area contributed by atoms with Crippen molar-refractivity contribution in [2.75, 3.05) is 4.90 Å². The maximum atomic E-state index is 13.1. The molecule has 1 aromatic heterocycles. The van der Waals surface area contributed by atoms with Gasteiger partial charge in [-0.2, -0.15) is 0 Å². The molecule has 1 aromatic carbocycles. The molecule has 178 valence electrons. The lowest BCUT2D eigenvalue weighted by atomic mass is 9.95. The van der Waals surface area contributed by atoms with Crippen molar-refractivity contribution in [3.63, 3.8) is 0 Å². The summed E-state index contributed by atoms with van der Waals surface area (Å²) in [5.74, 6) is 1.19. The third kappa shape index (κ3) is 5.23. The van der Waals surface area contributed by atoms with Crippen molar-refractivity contribution in [2.24, 2.45) is 0 Å². The predicted molar refractivity (Wildman–Crippen MR) is 131 cm³/mol. The Morgan fingerprint density at radius 1 is 1.12 bits per heavy atom. The molecule has 0 unspecified atom stereocenters. The van der Waals surface area contributed by atoms with Gasteiger partial charge in [0.2, 0.25) is 0 Å². The van der Waals surface area contributed by atoms with Crippen LogP contribution in [0, 0.1) is 0 Å². The maximum absolute atomic E-state index is 13.1. The van der Waals surface area contributed by atoms with Crippen molar-refractivity contribution >= 4 is 34.9 Å². The summed E-state index contributed by atoms with van der Waals surface area (Å²) >= 11 is 12.2. The van der Waals surface area contributed by atoms with Crippen molar-refractivity contribution < 1.29 is 14.6 Å². The average Bonchev–Trinajstić information content (AvgIpc) is 3.00. The molecule has 33 heavy (non-hydrogen) atoms. The lowest BCUT2D eigenvalue weighted by Gasteiger charge is -2.41. The Hall–Kier alpha value is -2.02. The summed E-state index contributed by atoms with van der Waals surface area (Å²) in [6, 6.07) is 9.61. The van der Waals surface area contributed by atoms with Crippen molar-refractivity contribution in [2.45, 2.75) is 82.7 Å². The van der Waals surface area contributed by atoms with E-state index in [1.165, 1.54) is 0 Å². The fourth-order valence-electron chi connectivity index (χ4n) is 4.81. The second-order valence-electron chi connectivity index (χ2n) is 10.1. The molecule has 0 spiro atoms. The summed E-state index contributed by atoms with van der Waals surface area (Å²) in [5, 5.41) is 14.3. The molecule has 0 radical (unpaired) electrons. The number of aliphatic hydroxyl groups is 1. The summed E-state index contributed by atoms with van der Waals surface area (Å²) in [7, 11) is 0. The highest BCUT2D eigenvalue weighted by Gasteiger charge is 2.43. The molecule has 2 saturated heterocycles. The number of anilines is 1. The molecule has 2 aliphatic rings. The van der Waals surface area contributed by atoms with E-state index in [4.69, 9.17) is 27.9 Å². The second kappa shape index (κ2) is 8.97. The van der Waals surface area contributed by atoms with Crippen LogP contribution in [-0.2, 0) is 10.4 Å². The minimum atomic E-state index is -1.08. The van der Waals surface area contributed by atoms with Gasteiger partial charge in [0.1, 0.15) is 11.6 Å². The number of rotatable bonds is 6. The Bertz CT molecular complexity index is 1010. The molecule has 2 aliphatic heterocycles.